The van der Waals surface area contributed by atoms with Gasteiger partial charge in [0.2, 0.25) is 17.6 Å². The fraction of sp³-hybridized carbons (Fsp3) is 0.446. The molecule has 12 N–H and O–H groups in total. The summed E-state index contributed by atoms with van der Waals surface area (Å²) in [6, 6.07) is 27.6. The van der Waals surface area contributed by atoms with Crippen molar-refractivity contribution in [2.75, 3.05) is 55.9 Å². The highest BCUT2D eigenvalue weighted by molar-refractivity contribution is 7.99. The number of Topliss-reactive ketones (excluding diaryl/α,β-unsaturated/α-hetero) is 1. The maximum absolute atomic E-state index is 13.0. The fourth-order valence-electron chi connectivity index (χ4n) is 10.4. The van der Waals surface area contributed by atoms with Crippen molar-refractivity contribution in [2.45, 2.75) is 125 Å². The van der Waals surface area contributed by atoms with Gasteiger partial charge in [-0.2, -0.15) is 23.5 Å². The Morgan fingerprint density at radius 3 is 1.49 bits per heavy atom. The summed E-state index contributed by atoms with van der Waals surface area (Å²) in [7, 11) is 0. The maximum Gasteiger partial charge on any atom is 0.364 e. The van der Waals surface area contributed by atoms with E-state index in [1.165, 1.54) is 30.4 Å². The number of aliphatic hydroxyl groups excluding tert-OH is 6. The highest BCUT2D eigenvalue weighted by Gasteiger charge is 2.56. The van der Waals surface area contributed by atoms with Gasteiger partial charge < -0.3 is 81.3 Å². The molecule has 2 aliphatic heterocycles. The second-order valence-corrected chi connectivity index (χ2v) is 24.7. The number of carboxylic acid groups (broad SMARTS) is 1. The Labute approximate surface area is 545 Å². The Hall–Kier alpha value is -7.58. The number of aromatic nitrogens is 2. The molecule has 2 aromatic heterocycles. The van der Waals surface area contributed by atoms with E-state index in [1.54, 1.807) is 97.3 Å². The number of nitrogens with zero attached hydrogens (tertiary/aromatic N) is 2. The zero-order valence-corrected chi connectivity index (χ0v) is 52.9. The number of aliphatic carboxylic acids is 1. The normalized spacial score (nSPS) is 22.4. The van der Waals surface area contributed by atoms with Gasteiger partial charge in [0.15, 0.2) is 12.1 Å². The van der Waals surface area contributed by atoms with Gasteiger partial charge in [0.25, 0.3) is 23.5 Å². The number of ether oxygens (including phenoxy) is 4. The van der Waals surface area contributed by atoms with Crippen LogP contribution in [0.5, 0.6) is 0 Å². The average Bonchev–Trinajstić information content (AvgIpc) is 0.822. The minimum atomic E-state index is -2.48. The van der Waals surface area contributed by atoms with Crippen LogP contribution >= 0.6 is 23.5 Å². The van der Waals surface area contributed by atoms with Crippen LogP contribution in [0.2, 0.25) is 0 Å². The van der Waals surface area contributed by atoms with E-state index in [9.17, 15) is 74.1 Å². The van der Waals surface area contributed by atoms with Crippen LogP contribution in [-0.4, -0.2) is 222 Å². The molecule has 0 saturated carbocycles. The molecule has 0 spiro atoms. The molecule has 7 rings (SSSR count). The molecule has 0 radical (unpaired) electrons. The SMILES string of the molecule is CC(=O)N[C@H]1[C@H]([C@H](O)[C@H](O)CNC(=O)c2ccc(-c3ccccn3)cc2)O[C@](C=O)(OCCCSCCNC(=O)c2ccc(C(=O)CCCSCCCO[C@]3(C(=O)O)C[C@H](O)[C@@H](NC(C)=O)[C@H]([C@H](O)[C@@H](O)CNC(=O)c4ccc(-c5ccccn5)cc4)O3)cc2)C[C@@H]1O. The number of thioether (sulfide) groups is 2. The first kappa shape index (κ1) is 72.8. The first-order chi connectivity index (χ1) is 44.6. The second-order valence-electron chi connectivity index (χ2n) is 22.3. The molecule has 12 atom stereocenters. The van der Waals surface area contributed by atoms with Gasteiger partial charge in [-0.25, -0.2) is 4.79 Å². The van der Waals surface area contributed by atoms with Crippen molar-refractivity contribution in [3.05, 3.63) is 144 Å². The number of aliphatic hydroxyl groups is 6. The Kier molecular flexibility index (Phi) is 27.9. The average molecular weight is 1330 g/mol. The maximum atomic E-state index is 13.0. The smallest absolute Gasteiger partial charge is 0.364 e. The predicted molar refractivity (Wildman–Crippen MR) is 342 cm³/mol. The Bertz CT molecular complexity index is 3270. The van der Waals surface area contributed by atoms with E-state index in [4.69, 9.17) is 18.9 Å². The lowest BCUT2D eigenvalue weighted by Gasteiger charge is -2.46. The lowest BCUT2D eigenvalue weighted by molar-refractivity contribution is -0.310. The van der Waals surface area contributed by atoms with Crippen LogP contribution in [0, 0.1) is 0 Å². The van der Waals surface area contributed by atoms with E-state index in [1.807, 2.05) is 24.3 Å². The summed E-state index contributed by atoms with van der Waals surface area (Å²) in [5.74, 6) is -6.87. The largest absolute Gasteiger partial charge is 0.477 e. The van der Waals surface area contributed by atoms with Crippen molar-refractivity contribution in [3.8, 4) is 22.5 Å². The quantitative estimate of drug-likeness (QED) is 0.0157. The summed E-state index contributed by atoms with van der Waals surface area (Å²) in [6.07, 6.45) is -9.41. The van der Waals surface area contributed by atoms with E-state index in [0.29, 0.717) is 77.6 Å². The van der Waals surface area contributed by atoms with Crippen molar-refractivity contribution in [2.24, 2.45) is 0 Å². The van der Waals surface area contributed by atoms with E-state index < -0.39 is 128 Å². The lowest BCUT2D eigenvalue weighted by Crippen LogP contribution is -2.68. The van der Waals surface area contributed by atoms with Crippen LogP contribution < -0.4 is 26.6 Å². The number of ketones is 1. The first-order valence-corrected chi connectivity index (χ1v) is 32.6. The van der Waals surface area contributed by atoms with Gasteiger partial charge in [-0.1, -0.05) is 48.5 Å². The van der Waals surface area contributed by atoms with E-state index in [-0.39, 0.29) is 42.5 Å². The van der Waals surface area contributed by atoms with Gasteiger partial charge in [-0.05, 0) is 97.2 Å². The predicted octanol–water partition coefficient (Wildman–Crippen LogP) is 2.07. The standard InChI is InChI=1S/C65H79N7O19S2/c1-39(74)71-54-50(77)34-64(38-73,90-58(54)56(81)52(79)36-69-61(84)45-19-13-41(14-20-45)47-10-3-5-25-66-47)88-28-8-32-93-33-27-68-60(83)44-23-17-43(18-24-44)49(76)12-7-30-92-31-9-29-89-65(63(86)87)35-51(78)55(72-40(2)75)59(91-65)57(82)53(80)37-70-62(85)46-21-15-42(16-22-46)48-11-4-6-26-67-48/h3-6,10-11,13-26,38,50-59,77-82H,7-9,12,27-37H2,1-2H3,(H,68,83)(H,69,84)(H,70,85)(H,71,74)(H,72,75)(H,86,87)/t50-,51-,52+,53-,54+,55+,56+,57+,58+,59+,64+,65+/m0/s1. The van der Waals surface area contributed by atoms with Gasteiger partial charge in [-0.3, -0.25) is 43.5 Å². The molecule has 4 heterocycles. The number of pyridine rings is 2. The van der Waals surface area contributed by atoms with Gasteiger partial charge in [0, 0.05) is 104 Å². The molecule has 3 aromatic carbocycles. The third-order valence-electron chi connectivity index (χ3n) is 15.3. The summed E-state index contributed by atoms with van der Waals surface area (Å²) in [4.78, 5) is 110. The van der Waals surface area contributed by atoms with Crippen molar-refractivity contribution in [1.29, 1.82) is 0 Å². The molecule has 5 amide bonds. The highest BCUT2D eigenvalue weighted by atomic mass is 32.2. The molecule has 2 saturated heterocycles. The van der Waals surface area contributed by atoms with Crippen molar-refractivity contribution >= 4 is 71.1 Å². The van der Waals surface area contributed by atoms with Crippen molar-refractivity contribution in [3.63, 3.8) is 0 Å². The number of rotatable bonds is 35. The zero-order chi connectivity index (χ0) is 67.1. The zero-order valence-electron chi connectivity index (χ0n) is 51.2. The molecule has 5 aromatic rings. The van der Waals surface area contributed by atoms with Gasteiger partial charge in [0.05, 0.1) is 61.1 Å². The highest BCUT2D eigenvalue weighted by Crippen LogP contribution is 2.35. The third-order valence-corrected chi connectivity index (χ3v) is 17.5. The second kappa shape index (κ2) is 35.6. The topological polar surface area (TPSA) is 401 Å². The van der Waals surface area contributed by atoms with Crippen LogP contribution in [0.15, 0.2) is 122 Å². The summed E-state index contributed by atoms with van der Waals surface area (Å²) < 4.78 is 23.4. The molecular weight excluding hydrogens is 1250 g/mol. The van der Waals surface area contributed by atoms with Crippen LogP contribution in [0.25, 0.3) is 22.5 Å². The van der Waals surface area contributed by atoms with Gasteiger partial charge in [0.1, 0.15) is 24.4 Å². The van der Waals surface area contributed by atoms with E-state index in [0.717, 1.165) is 18.1 Å². The molecule has 0 aliphatic carbocycles. The van der Waals surface area contributed by atoms with Gasteiger partial charge >= 0.3 is 5.97 Å². The molecule has 500 valence electrons. The third kappa shape index (κ3) is 21.0. The number of carbonyl (C=O) groups excluding carboxylic acids is 7. The molecule has 0 unspecified atom stereocenters. The number of nitrogens with one attached hydrogen (secondary N) is 5. The summed E-state index contributed by atoms with van der Waals surface area (Å²) in [5.41, 5.74) is 4.24. The molecule has 26 nitrogen and oxygen atoms in total. The molecule has 93 heavy (non-hydrogen) atoms. The fourth-order valence-corrected chi connectivity index (χ4v) is 12.0. The van der Waals surface area contributed by atoms with Crippen LogP contribution in [-0.2, 0) is 38.1 Å². The molecular formula is C65H79N7O19S2. The Balaban J connectivity index is 0.765. The lowest BCUT2D eigenvalue weighted by atomic mass is 9.88. The number of carbonyl (C=O) groups is 8. The molecule has 2 aliphatic rings. The molecule has 28 heteroatoms. The summed E-state index contributed by atoms with van der Waals surface area (Å²) in [5, 5.41) is 90.1. The van der Waals surface area contributed by atoms with Crippen LogP contribution in [0.4, 0.5) is 0 Å². The number of benzene rings is 3. The summed E-state index contributed by atoms with van der Waals surface area (Å²) in [6.45, 7) is 1.49. The summed E-state index contributed by atoms with van der Waals surface area (Å²) >= 11 is 2.97. The molecule has 2 fully saturated rings. The number of hydrogen-bond acceptors (Lipinski definition) is 22. The van der Waals surface area contributed by atoms with Crippen LogP contribution in [0.3, 0.4) is 0 Å². The number of hydrogen-bond donors (Lipinski definition) is 12. The minimum absolute atomic E-state index is 0.0246. The van der Waals surface area contributed by atoms with E-state index in [2.05, 4.69) is 36.6 Å². The molecule has 0 bridgehead atoms. The first-order valence-electron chi connectivity index (χ1n) is 30.2. The monoisotopic (exact) mass is 1330 g/mol. The number of carboxylic acids is 1. The van der Waals surface area contributed by atoms with Crippen molar-refractivity contribution < 1.29 is 93.0 Å². The van der Waals surface area contributed by atoms with Gasteiger partial charge in [-0.15, -0.1) is 0 Å². The number of aldehydes is 1. The number of amides is 5. The Morgan fingerprint density at radius 1 is 0.581 bits per heavy atom. The Morgan fingerprint density at radius 2 is 1.02 bits per heavy atom. The van der Waals surface area contributed by atoms with E-state index >= 15 is 0 Å². The van der Waals surface area contributed by atoms with Crippen molar-refractivity contribution in [1.82, 2.24) is 36.6 Å². The minimum Gasteiger partial charge on any atom is -0.477 e. The van der Waals surface area contributed by atoms with Crippen LogP contribution in [0.1, 0.15) is 93.8 Å².